The van der Waals surface area contributed by atoms with Crippen LogP contribution in [0.15, 0.2) is 42.5 Å². The minimum Gasteiger partial charge on any atom is -0.352 e. The van der Waals surface area contributed by atoms with Crippen LogP contribution >= 0.6 is 35.0 Å². The van der Waals surface area contributed by atoms with Gasteiger partial charge in [-0.3, -0.25) is 9.59 Å². The van der Waals surface area contributed by atoms with Gasteiger partial charge < -0.3 is 10.2 Å². The molecule has 4 nitrogen and oxygen atoms in total. The van der Waals surface area contributed by atoms with Crippen LogP contribution in [0.1, 0.15) is 50.3 Å². The summed E-state index contributed by atoms with van der Waals surface area (Å²) in [5.41, 5.74) is 2.97. The Morgan fingerprint density at radius 2 is 1.66 bits per heavy atom. The third-order valence-corrected chi connectivity index (χ3v) is 7.05. The Bertz CT molecular complexity index is 885. The number of nitrogens with one attached hydrogen (secondary N) is 1. The molecule has 0 aromatic heterocycles. The first kappa shape index (κ1) is 26.6. The zero-order valence-electron chi connectivity index (χ0n) is 19.2. The van der Waals surface area contributed by atoms with Crippen LogP contribution in [-0.2, 0) is 21.9 Å². The van der Waals surface area contributed by atoms with E-state index in [9.17, 15) is 9.59 Å². The van der Waals surface area contributed by atoms with Gasteiger partial charge in [-0.2, -0.15) is 0 Å². The molecule has 32 heavy (non-hydrogen) atoms. The van der Waals surface area contributed by atoms with Gasteiger partial charge in [0.1, 0.15) is 6.04 Å². The van der Waals surface area contributed by atoms with E-state index in [4.69, 9.17) is 23.2 Å². The number of halogens is 2. The Hall–Kier alpha value is -1.69. The normalized spacial score (nSPS) is 12.8. The molecule has 2 aromatic rings. The average Bonchev–Trinajstić information content (AvgIpc) is 2.76. The minimum atomic E-state index is -0.526. The third-order valence-electron chi connectivity index (χ3n) is 5.39. The minimum absolute atomic E-state index is 0.0598. The first-order chi connectivity index (χ1) is 15.3. The van der Waals surface area contributed by atoms with Crippen LogP contribution in [0, 0.1) is 6.92 Å². The summed E-state index contributed by atoms with van der Waals surface area (Å²) in [6.07, 6.45) is 1.38. The molecule has 174 valence electrons. The van der Waals surface area contributed by atoms with Crippen LogP contribution in [0.25, 0.3) is 0 Å². The van der Waals surface area contributed by atoms with Crippen LogP contribution in [0.5, 0.6) is 0 Å². The van der Waals surface area contributed by atoms with Crippen LogP contribution in [0.3, 0.4) is 0 Å². The van der Waals surface area contributed by atoms with Crippen molar-refractivity contribution < 1.29 is 9.59 Å². The maximum absolute atomic E-state index is 13.3. The number of amides is 2. The van der Waals surface area contributed by atoms with Crippen molar-refractivity contribution in [2.45, 2.75) is 64.9 Å². The Balaban J connectivity index is 2.16. The highest BCUT2D eigenvalue weighted by Crippen LogP contribution is 2.28. The lowest BCUT2D eigenvalue weighted by atomic mass is 10.1. The van der Waals surface area contributed by atoms with E-state index in [0.717, 1.165) is 23.1 Å². The fourth-order valence-electron chi connectivity index (χ4n) is 3.24. The lowest BCUT2D eigenvalue weighted by Crippen LogP contribution is -2.51. The molecular formula is C25H32Cl2N2O2S. The number of thioether (sulfide) groups is 1. The van der Waals surface area contributed by atoms with Crippen molar-refractivity contribution in [2.24, 2.45) is 0 Å². The van der Waals surface area contributed by atoms with Gasteiger partial charge in [0.15, 0.2) is 0 Å². The van der Waals surface area contributed by atoms with Gasteiger partial charge in [-0.15, -0.1) is 11.8 Å². The number of carbonyl (C=O) groups excluding carboxylic acids is 2. The summed E-state index contributed by atoms with van der Waals surface area (Å²) in [6.45, 7) is 8.35. The van der Waals surface area contributed by atoms with Gasteiger partial charge in [-0.1, -0.05) is 72.9 Å². The van der Waals surface area contributed by atoms with Crippen molar-refractivity contribution in [1.29, 1.82) is 0 Å². The molecule has 0 aliphatic heterocycles. The number of hydrogen-bond donors (Lipinski definition) is 1. The maximum Gasteiger partial charge on any atom is 0.243 e. The Kier molecular flexibility index (Phi) is 10.9. The molecule has 0 heterocycles. The van der Waals surface area contributed by atoms with Crippen molar-refractivity contribution >= 4 is 46.8 Å². The van der Waals surface area contributed by atoms with Gasteiger partial charge in [0, 0.05) is 28.4 Å². The molecule has 0 radical (unpaired) electrons. The molecule has 0 saturated heterocycles. The summed E-state index contributed by atoms with van der Waals surface area (Å²) in [4.78, 5) is 28.0. The van der Waals surface area contributed by atoms with Gasteiger partial charge in [0.05, 0.1) is 5.75 Å². The number of hydrogen-bond acceptors (Lipinski definition) is 3. The van der Waals surface area contributed by atoms with E-state index >= 15 is 0 Å². The van der Waals surface area contributed by atoms with Crippen LogP contribution in [0.2, 0.25) is 10.0 Å². The highest BCUT2D eigenvalue weighted by molar-refractivity contribution is 7.99. The summed E-state index contributed by atoms with van der Waals surface area (Å²) in [5.74, 6) is 0.574. The van der Waals surface area contributed by atoms with E-state index in [1.807, 2.05) is 52.0 Å². The molecule has 1 N–H and O–H groups in total. The highest BCUT2D eigenvalue weighted by Gasteiger charge is 2.29. The largest absolute Gasteiger partial charge is 0.352 e. The number of aryl methyl sites for hydroxylation is 1. The lowest BCUT2D eigenvalue weighted by molar-refractivity contribution is -0.139. The lowest BCUT2D eigenvalue weighted by Gasteiger charge is -2.31. The third kappa shape index (κ3) is 7.72. The molecule has 0 aliphatic carbocycles. The second-order valence-corrected chi connectivity index (χ2v) is 9.74. The van der Waals surface area contributed by atoms with Crippen molar-refractivity contribution in [3.05, 3.63) is 69.2 Å². The van der Waals surface area contributed by atoms with E-state index in [1.165, 1.54) is 11.8 Å². The summed E-state index contributed by atoms with van der Waals surface area (Å²) < 4.78 is 0. The van der Waals surface area contributed by atoms with Gasteiger partial charge in [-0.05, 0) is 49.9 Å². The monoisotopic (exact) mass is 494 g/mol. The molecule has 2 atom stereocenters. The van der Waals surface area contributed by atoms with Crippen molar-refractivity contribution in [3.8, 4) is 0 Å². The second-order valence-electron chi connectivity index (χ2n) is 7.94. The Morgan fingerprint density at radius 1 is 1.03 bits per heavy atom. The number of rotatable bonds is 11. The summed E-state index contributed by atoms with van der Waals surface area (Å²) in [7, 11) is 0. The molecule has 0 bridgehead atoms. The highest BCUT2D eigenvalue weighted by atomic mass is 35.5. The van der Waals surface area contributed by atoms with Gasteiger partial charge >= 0.3 is 0 Å². The quantitative estimate of drug-likeness (QED) is 0.401. The molecule has 0 fully saturated rings. The number of nitrogens with zero attached hydrogens (tertiary/aromatic N) is 1. The second kappa shape index (κ2) is 13.1. The molecular weight excluding hydrogens is 463 g/mol. The van der Waals surface area contributed by atoms with Crippen LogP contribution < -0.4 is 5.32 Å². The molecule has 2 unspecified atom stereocenters. The van der Waals surface area contributed by atoms with Crippen LogP contribution in [0.4, 0.5) is 0 Å². The molecule has 0 aliphatic rings. The van der Waals surface area contributed by atoms with Gasteiger partial charge in [0.2, 0.25) is 11.8 Å². The Morgan fingerprint density at radius 3 is 2.22 bits per heavy atom. The van der Waals surface area contributed by atoms with Crippen molar-refractivity contribution in [1.82, 2.24) is 10.2 Å². The fraction of sp³-hybridized carbons (Fsp3) is 0.440. The fourth-order valence-corrected chi connectivity index (χ4v) is 4.89. The summed E-state index contributed by atoms with van der Waals surface area (Å²) in [6, 6.07) is 13.0. The van der Waals surface area contributed by atoms with Crippen molar-refractivity contribution in [2.75, 3.05) is 5.75 Å². The molecule has 2 aromatic carbocycles. The topological polar surface area (TPSA) is 49.4 Å². The maximum atomic E-state index is 13.3. The molecule has 2 rings (SSSR count). The van der Waals surface area contributed by atoms with E-state index in [0.29, 0.717) is 28.8 Å². The predicted octanol–water partition coefficient (Wildman–Crippen LogP) is 6.26. The molecule has 2 amide bonds. The van der Waals surface area contributed by atoms with E-state index in [2.05, 4.69) is 5.32 Å². The number of carbonyl (C=O) groups is 2. The SMILES string of the molecule is CCC(C)NC(=O)C(CC)N(Cc1ccc(C)cc1)C(=O)CSCc1c(Cl)cccc1Cl. The van der Waals surface area contributed by atoms with E-state index < -0.39 is 6.04 Å². The molecule has 7 heteroatoms. The van der Waals surface area contributed by atoms with E-state index in [-0.39, 0.29) is 23.6 Å². The summed E-state index contributed by atoms with van der Waals surface area (Å²) >= 11 is 14.0. The Labute approximate surface area is 206 Å². The average molecular weight is 496 g/mol. The predicted molar refractivity (Wildman–Crippen MR) is 136 cm³/mol. The molecule has 0 saturated carbocycles. The van der Waals surface area contributed by atoms with Gasteiger partial charge in [0.25, 0.3) is 0 Å². The first-order valence-electron chi connectivity index (χ1n) is 10.9. The smallest absolute Gasteiger partial charge is 0.243 e. The van der Waals surface area contributed by atoms with Crippen LogP contribution in [-0.4, -0.2) is 34.6 Å². The van der Waals surface area contributed by atoms with Gasteiger partial charge in [-0.25, -0.2) is 0 Å². The standard InChI is InChI=1S/C25H32Cl2N2O2S/c1-5-18(4)28-25(31)23(6-2)29(14-19-12-10-17(3)11-13-19)24(30)16-32-15-20-21(26)8-7-9-22(20)27/h7-13,18,23H,5-6,14-16H2,1-4H3,(H,28,31). The number of benzene rings is 2. The van der Waals surface area contributed by atoms with Crippen molar-refractivity contribution in [3.63, 3.8) is 0 Å². The summed E-state index contributed by atoms with van der Waals surface area (Å²) in [5, 5.41) is 4.22. The first-order valence-corrected chi connectivity index (χ1v) is 12.8. The zero-order valence-corrected chi connectivity index (χ0v) is 21.5. The van der Waals surface area contributed by atoms with E-state index in [1.54, 1.807) is 23.1 Å². The zero-order chi connectivity index (χ0) is 23.7. The molecule has 0 spiro atoms.